The number of nitrogens with zero attached hydrogens (tertiary/aromatic N) is 2. The lowest BCUT2D eigenvalue weighted by molar-refractivity contribution is -0.140. The normalized spacial score (nSPS) is 18.3. The lowest BCUT2D eigenvalue weighted by Gasteiger charge is -2.26. The van der Waals surface area contributed by atoms with Gasteiger partial charge < -0.3 is 19.6 Å². The van der Waals surface area contributed by atoms with Gasteiger partial charge in [0.1, 0.15) is 17.3 Å². The molecule has 0 bridgehead atoms. The van der Waals surface area contributed by atoms with Crippen LogP contribution < -0.4 is 4.74 Å². The Morgan fingerprint density at radius 3 is 2.26 bits per heavy atom. The van der Waals surface area contributed by atoms with Gasteiger partial charge in [-0.3, -0.25) is 9.59 Å². The van der Waals surface area contributed by atoms with E-state index in [-0.39, 0.29) is 24.0 Å². The van der Waals surface area contributed by atoms with Gasteiger partial charge in [0.2, 0.25) is 0 Å². The van der Waals surface area contributed by atoms with Gasteiger partial charge in [0.25, 0.3) is 11.7 Å². The number of benzene rings is 2. The molecule has 0 saturated carbocycles. The summed E-state index contributed by atoms with van der Waals surface area (Å²) in [7, 11) is 3.73. The van der Waals surface area contributed by atoms with Gasteiger partial charge in [-0.15, -0.1) is 0 Å². The molecule has 6 nitrogen and oxygen atoms in total. The topological polar surface area (TPSA) is 70.1 Å². The van der Waals surface area contributed by atoms with E-state index in [4.69, 9.17) is 4.74 Å². The minimum atomic E-state index is -0.799. The van der Waals surface area contributed by atoms with Crippen LogP contribution in [-0.2, 0) is 9.59 Å². The summed E-state index contributed by atoms with van der Waals surface area (Å²) >= 11 is 0. The molecular formula is C24H27FN2O4. The Kier molecular flexibility index (Phi) is 6.75. The molecule has 1 saturated heterocycles. The fraction of sp³-hybridized carbons (Fsp3) is 0.333. The molecule has 1 aliphatic heterocycles. The second-order valence-electron chi connectivity index (χ2n) is 8.04. The molecule has 3 rings (SSSR count). The molecule has 1 unspecified atom stereocenters. The summed E-state index contributed by atoms with van der Waals surface area (Å²) in [6.45, 7) is 4.64. The third-order valence-electron chi connectivity index (χ3n) is 5.01. The average Bonchev–Trinajstić information content (AvgIpc) is 2.97. The van der Waals surface area contributed by atoms with Gasteiger partial charge in [0.15, 0.2) is 0 Å². The van der Waals surface area contributed by atoms with Crippen LogP contribution in [0.1, 0.15) is 31.0 Å². The zero-order valence-electron chi connectivity index (χ0n) is 18.1. The molecule has 0 aromatic heterocycles. The molecule has 164 valence electrons. The first-order chi connectivity index (χ1) is 14.7. The highest BCUT2D eigenvalue weighted by molar-refractivity contribution is 6.46. The molecule has 7 heteroatoms. The number of carbonyl (C=O) groups excluding carboxylic acids is 2. The van der Waals surface area contributed by atoms with Crippen LogP contribution in [0.5, 0.6) is 5.75 Å². The van der Waals surface area contributed by atoms with Crippen LogP contribution in [0.2, 0.25) is 0 Å². The summed E-state index contributed by atoms with van der Waals surface area (Å²) in [6, 6.07) is 11.5. The van der Waals surface area contributed by atoms with Gasteiger partial charge >= 0.3 is 0 Å². The highest BCUT2D eigenvalue weighted by atomic mass is 19.1. The molecule has 1 amide bonds. The monoisotopic (exact) mass is 426 g/mol. The van der Waals surface area contributed by atoms with Gasteiger partial charge in [-0.25, -0.2) is 4.39 Å². The fourth-order valence-corrected chi connectivity index (χ4v) is 3.53. The van der Waals surface area contributed by atoms with Crippen LogP contribution >= 0.6 is 0 Å². The van der Waals surface area contributed by atoms with E-state index in [1.165, 1.54) is 29.2 Å². The predicted molar refractivity (Wildman–Crippen MR) is 116 cm³/mol. The van der Waals surface area contributed by atoms with Crippen molar-refractivity contribution in [2.24, 2.45) is 0 Å². The molecular weight excluding hydrogens is 399 g/mol. The summed E-state index contributed by atoms with van der Waals surface area (Å²) in [5.41, 5.74) is 0.947. The van der Waals surface area contributed by atoms with E-state index in [0.29, 0.717) is 23.4 Å². The Labute approximate surface area is 181 Å². The van der Waals surface area contributed by atoms with Crippen molar-refractivity contribution < 1.29 is 23.8 Å². The first-order valence-electron chi connectivity index (χ1n) is 10.1. The van der Waals surface area contributed by atoms with Gasteiger partial charge in [-0.05, 0) is 69.9 Å². The Hall–Kier alpha value is -3.19. The lowest BCUT2D eigenvalue weighted by Crippen LogP contribution is -2.35. The fourth-order valence-electron chi connectivity index (χ4n) is 3.53. The lowest BCUT2D eigenvalue weighted by atomic mass is 9.95. The molecule has 2 aromatic carbocycles. The maximum Gasteiger partial charge on any atom is 0.295 e. The number of hydrogen-bond acceptors (Lipinski definition) is 5. The van der Waals surface area contributed by atoms with Crippen LogP contribution in [0, 0.1) is 5.82 Å². The van der Waals surface area contributed by atoms with Crippen LogP contribution in [0.15, 0.2) is 54.1 Å². The van der Waals surface area contributed by atoms with E-state index in [9.17, 15) is 19.1 Å². The van der Waals surface area contributed by atoms with Crippen molar-refractivity contribution >= 4 is 17.4 Å². The second kappa shape index (κ2) is 9.31. The quantitative estimate of drug-likeness (QED) is 0.416. The number of likely N-dealkylation sites (N-methyl/N-ethyl adjacent to an activating group) is 1. The molecule has 1 atom stereocenters. The van der Waals surface area contributed by atoms with Crippen molar-refractivity contribution in [3.8, 4) is 5.75 Å². The summed E-state index contributed by atoms with van der Waals surface area (Å²) in [5, 5.41) is 11.0. The van der Waals surface area contributed by atoms with Crippen molar-refractivity contribution in [1.82, 2.24) is 9.80 Å². The van der Waals surface area contributed by atoms with Crippen molar-refractivity contribution in [1.29, 1.82) is 0 Å². The van der Waals surface area contributed by atoms with Crippen molar-refractivity contribution in [2.75, 3.05) is 27.2 Å². The zero-order chi connectivity index (χ0) is 22.7. The van der Waals surface area contributed by atoms with Crippen LogP contribution in [0.25, 0.3) is 5.76 Å². The number of likely N-dealkylation sites (tertiary alicyclic amines) is 1. The molecule has 1 fully saturated rings. The number of Topliss-reactive ketones (excluding diaryl/α,β-unsaturated/α-hetero) is 1. The highest BCUT2D eigenvalue weighted by Crippen LogP contribution is 2.39. The number of aliphatic hydroxyl groups is 1. The smallest absolute Gasteiger partial charge is 0.295 e. The Morgan fingerprint density at radius 1 is 1.10 bits per heavy atom. The zero-order valence-corrected chi connectivity index (χ0v) is 18.1. The summed E-state index contributed by atoms with van der Waals surface area (Å²) in [5.74, 6) is -1.50. The van der Waals surface area contributed by atoms with Gasteiger partial charge in [-0.1, -0.05) is 12.1 Å². The molecule has 0 radical (unpaired) electrons. The first-order valence-corrected chi connectivity index (χ1v) is 10.1. The third-order valence-corrected chi connectivity index (χ3v) is 5.01. The largest absolute Gasteiger partial charge is 0.507 e. The average molecular weight is 426 g/mol. The number of ether oxygens (including phenoxy) is 1. The van der Waals surface area contributed by atoms with Crippen molar-refractivity contribution in [3.63, 3.8) is 0 Å². The number of amides is 1. The number of rotatable bonds is 7. The van der Waals surface area contributed by atoms with Gasteiger partial charge in [-0.2, -0.15) is 0 Å². The van der Waals surface area contributed by atoms with E-state index in [2.05, 4.69) is 0 Å². The van der Waals surface area contributed by atoms with Gasteiger partial charge in [0.05, 0.1) is 17.7 Å². The standard InChI is InChI=1S/C24H27FN2O4/c1-15(2)31-19-11-7-17(8-12-19)22(28)20-21(16-5-9-18(25)10-6-16)27(14-13-26(3)4)24(30)23(20)29/h5-12,15,21,28H,13-14H2,1-4H3/b22-20-. The number of halogens is 1. The minimum absolute atomic E-state index is 0.0000514. The van der Waals surface area contributed by atoms with Crippen molar-refractivity contribution in [3.05, 3.63) is 71.0 Å². The molecule has 1 heterocycles. The SMILES string of the molecule is CC(C)Oc1ccc(/C(O)=C2/C(=O)C(=O)N(CCN(C)C)C2c2ccc(F)cc2)cc1. The molecule has 1 aliphatic rings. The van der Waals surface area contributed by atoms with E-state index < -0.39 is 23.5 Å². The van der Waals surface area contributed by atoms with E-state index in [1.807, 2.05) is 32.8 Å². The highest BCUT2D eigenvalue weighted by Gasteiger charge is 2.45. The summed E-state index contributed by atoms with van der Waals surface area (Å²) in [6.07, 6.45) is -0.0000514. The maximum absolute atomic E-state index is 13.5. The predicted octanol–water partition coefficient (Wildman–Crippen LogP) is 3.60. The second-order valence-corrected chi connectivity index (χ2v) is 8.04. The van der Waals surface area contributed by atoms with E-state index in [1.54, 1.807) is 24.3 Å². The van der Waals surface area contributed by atoms with Crippen LogP contribution in [0.3, 0.4) is 0 Å². The number of hydrogen-bond donors (Lipinski definition) is 1. The summed E-state index contributed by atoms with van der Waals surface area (Å²) in [4.78, 5) is 29.1. The first kappa shape index (κ1) is 22.5. The Bertz CT molecular complexity index is 982. The minimum Gasteiger partial charge on any atom is -0.507 e. The number of ketones is 1. The Balaban J connectivity index is 2.06. The van der Waals surface area contributed by atoms with E-state index >= 15 is 0 Å². The molecule has 31 heavy (non-hydrogen) atoms. The Morgan fingerprint density at radius 2 is 1.71 bits per heavy atom. The number of carbonyl (C=O) groups is 2. The molecule has 2 aromatic rings. The maximum atomic E-state index is 13.5. The van der Waals surface area contributed by atoms with E-state index in [0.717, 1.165) is 0 Å². The molecule has 1 N–H and O–H groups in total. The van der Waals surface area contributed by atoms with Crippen LogP contribution in [0.4, 0.5) is 4.39 Å². The molecule has 0 aliphatic carbocycles. The van der Waals surface area contributed by atoms with Crippen molar-refractivity contribution in [2.45, 2.75) is 26.0 Å². The van der Waals surface area contributed by atoms with Gasteiger partial charge in [0, 0.05) is 18.7 Å². The third kappa shape index (κ3) is 4.94. The molecule has 0 spiro atoms. The summed E-state index contributed by atoms with van der Waals surface area (Å²) < 4.78 is 19.1. The number of aliphatic hydroxyl groups excluding tert-OH is 1. The van der Waals surface area contributed by atoms with Crippen LogP contribution in [-0.4, -0.2) is 59.9 Å².